The van der Waals surface area contributed by atoms with E-state index >= 15 is 0 Å². The third-order valence-electron chi connectivity index (χ3n) is 2.74. The molecule has 0 unspecified atom stereocenters. The van der Waals surface area contributed by atoms with Crippen molar-refractivity contribution in [3.63, 3.8) is 0 Å². The Balaban J connectivity index is 2.09. The molecule has 0 aliphatic carbocycles. The van der Waals surface area contributed by atoms with Crippen LogP contribution in [0.25, 0.3) is 0 Å². The van der Waals surface area contributed by atoms with E-state index in [1.807, 2.05) is 6.92 Å². The minimum atomic E-state index is -4.48. The predicted octanol–water partition coefficient (Wildman–Crippen LogP) is 3.41. The Morgan fingerprint density at radius 2 is 2.10 bits per heavy atom. The van der Waals surface area contributed by atoms with Gasteiger partial charge < -0.3 is 10.1 Å². The van der Waals surface area contributed by atoms with Crippen molar-refractivity contribution in [3.05, 3.63) is 41.5 Å². The van der Waals surface area contributed by atoms with Crippen LogP contribution in [0.5, 0.6) is 5.75 Å². The Morgan fingerprint density at radius 3 is 2.71 bits per heavy atom. The molecular formula is C13H13F4N3O. The summed E-state index contributed by atoms with van der Waals surface area (Å²) in [4.78, 5) is 0. The van der Waals surface area contributed by atoms with Gasteiger partial charge in [0, 0.05) is 23.9 Å². The first-order valence-corrected chi connectivity index (χ1v) is 6.07. The first-order valence-electron chi connectivity index (χ1n) is 6.07. The van der Waals surface area contributed by atoms with Gasteiger partial charge in [0.15, 0.2) is 6.61 Å². The van der Waals surface area contributed by atoms with Gasteiger partial charge in [0.25, 0.3) is 0 Å². The van der Waals surface area contributed by atoms with Gasteiger partial charge in [0.1, 0.15) is 11.6 Å². The number of ether oxygens (including phenoxy) is 1. The molecule has 1 aromatic heterocycles. The van der Waals surface area contributed by atoms with Gasteiger partial charge >= 0.3 is 6.18 Å². The van der Waals surface area contributed by atoms with Gasteiger partial charge in [-0.3, -0.25) is 5.10 Å². The number of hydrogen-bond acceptors (Lipinski definition) is 3. The zero-order valence-electron chi connectivity index (χ0n) is 11.1. The summed E-state index contributed by atoms with van der Waals surface area (Å²) >= 11 is 0. The number of nitrogens with one attached hydrogen (secondary N) is 2. The van der Waals surface area contributed by atoms with Crippen LogP contribution in [-0.4, -0.2) is 23.0 Å². The zero-order chi connectivity index (χ0) is 15.5. The molecule has 8 heteroatoms. The molecule has 0 spiro atoms. The maximum absolute atomic E-state index is 13.1. The molecule has 2 rings (SSSR count). The highest BCUT2D eigenvalue weighted by Gasteiger charge is 2.29. The Kier molecular flexibility index (Phi) is 4.35. The second kappa shape index (κ2) is 6.02. The second-order valence-electron chi connectivity index (χ2n) is 4.42. The summed E-state index contributed by atoms with van der Waals surface area (Å²) in [5, 5.41) is 9.48. The fraction of sp³-hybridized carbons (Fsp3) is 0.308. The number of aryl methyl sites for hydroxylation is 1. The van der Waals surface area contributed by atoms with E-state index in [0.717, 1.165) is 23.4 Å². The molecule has 1 heterocycles. The van der Waals surface area contributed by atoms with Crippen LogP contribution in [0.1, 0.15) is 11.3 Å². The summed E-state index contributed by atoms with van der Waals surface area (Å²) in [5.41, 5.74) is 1.96. The third-order valence-corrected chi connectivity index (χ3v) is 2.74. The molecule has 0 saturated carbocycles. The monoisotopic (exact) mass is 303 g/mol. The van der Waals surface area contributed by atoms with Crippen molar-refractivity contribution >= 4 is 5.69 Å². The molecular weight excluding hydrogens is 290 g/mol. The van der Waals surface area contributed by atoms with Gasteiger partial charge in [-0.2, -0.15) is 18.3 Å². The van der Waals surface area contributed by atoms with Gasteiger partial charge in [-0.05, 0) is 19.1 Å². The van der Waals surface area contributed by atoms with Crippen molar-refractivity contribution in [3.8, 4) is 5.75 Å². The Labute approximate surface area is 118 Å². The first-order chi connectivity index (χ1) is 9.85. The van der Waals surface area contributed by atoms with E-state index in [0.29, 0.717) is 6.54 Å². The van der Waals surface area contributed by atoms with Crippen molar-refractivity contribution < 1.29 is 22.3 Å². The Hall–Kier alpha value is -2.25. The van der Waals surface area contributed by atoms with Crippen LogP contribution >= 0.6 is 0 Å². The topological polar surface area (TPSA) is 49.9 Å². The summed E-state index contributed by atoms with van der Waals surface area (Å²) < 4.78 is 54.3. The molecule has 0 bridgehead atoms. The van der Waals surface area contributed by atoms with E-state index < -0.39 is 18.6 Å². The molecule has 0 radical (unpaired) electrons. The lowest BCUT2D eigenvalue weighted by atomic mass is 10.2. The second-order valence-corrected chi connectivity index (χ2v) is 4.42. The van der Waals surface area contributed by atoms with Crippen molar-refractivity contribution in [2.45, 2.75) is 19.6 Å². The lowest BCUT2D eigenvalue weighted by molar-refractivity contribution is -0.153. The smallest absolute Gasteiger partial charge is 0.422 e. The number of H-pyrrole nitrogens is 1. The van der Waals surface area contributed by atoms with Crippen LogP contribution in [0.3, 0.4) is 0 Å². The first kappa shape index (κ1) is 15.1. The average Bonchev–Trinajstić information content (AvgIpc) is 2.80. The minimum absolute atomic E-state index is 0.187. The lowest BCUT2D eigenvalue weighted by Crippen LogP contribution is -2.19. The normalized spacial score (nSPS) is 11.5. The van der Waals surface area contributed by atoms with Crippen molar-refractivity contribution in [2.75, 3.05) is 11.9 Å². The van der Waals surface area contributed by atoms with Crippen molar-refractivity contribution in [1.29, 1.82) is 0 Å². The predicted molar refractivity (Wildman–Crippen MR) is 68.6 cm³/mol. The van der Waals surface area contributed by atoms with Gasteiger partial charge in [-0.25, -0.2) is 4.39 Å². The van der Waals surface area contributed by atoms with E-state index in [4.69, 9.17) is 0 Å². The molecule has 114 valence electrons. The molecule has 2 aromatic rings. The van der Waals surface area contributed by atoms with Gasteiger partial charge in [-0.1, -0.05) is 0 Å². The van der Waals surface area contributed by atoms with Crippen LogP contribution in [0.15, 0.2) is 24.4 Å². The number of alkyl halides is 3. The molecule has 0 saturated heterocycles. The number of nitrogens with zero attached hydrogens (tertiary/aromatic N) is 1. The number of rotatable bonds is 5. The van der Waals surface area contributed by atoms with Crippen molar-refractivity contribution in [1.82, 2.24) is 10.2 Å². The van der Waals surface area contributed by atoms with Crippen molar-refractivity contribution in [2.24, 2.45) is 0 Å². The maximum atomic E-state index is 13.1. The van der Waals surface area contributed by atoms with E-state index in [2.05, 4.69) is 20.3 Å². The molecule has 0 amide bonds. The van der Waals surface area contributed by atoms with Crippen LogP contribution in [0.4, 0.5) is 23.2 Å². The molecule has 2 N–H and O–H groups in total. The highest BCUT2D eigenvalue weighted by Crippen LogP contribution is 2.28. The third kappa shape index (κ3) is 4.37. The number of benzene rings is 1. The fourth-order valence-electron chi connectivity index (χ4n) is 1.67. The molecule has 4 nitrogen and oxygen atoms in total. The Morgan fingerprint density at radius 1 is 1.33 bits per heavy atom. The number of aromatic nitrogens is 2. The van der Waals surface area contributed by atoms with E-state index in [9.17, 15) is 17.6 Å². The number of anilines is 1. The van der Waals surface area contributed by atoms with Gasteiger partial charge in [-0.15, -0.1) is 0 Å². The number of halogens is 4. The van der Waals surface area contributed by atoms with Crippen LogP contribution < -0.4 is 10.1 Å². The van der Waals surface area contributed by atoms with Crippen LogP contribution in [-0.2, 0) is 6.54 Å². The largest absolute Gasteiger partial charge is 0.482 e. The maximum Gasteiger partial charge on any atom is 0.422 e. The number of hydrogen-bond donors (Lipinski definition) is 2. The van der Waals surface area contributed by atoms with Crippen LogP contribution in [0, 0.1) is 12.7 Å². The summed E-state index contributed by atoms with van der Waals surface area (Å²) in [6.07, 6.45) is -2.88. The molecule has 0 aliphatic rings. The molecule has 0 atom stereocenters. The molecule has 0 aliphatic heterocycles. The molecule has 21 heavy (non-hydrogen) atoms. The van der Waals surface area contributed by atoms with Crippen LogP contribution in [0.2, 0.25) is 0 Å². The molecule has 1 aromatic carbocycles. The Bertz CT molecular complexity index is 610. The standard InChI is InChI=1S/C13H13F4N3O/c1-8-9(6-19-20-8)5-18-11-3-2-10(14)4-12(11)21-7-13(15,16)17/h2-4,6,18H,5,7H2,1H3,(H,19,20). The fourth-order valence-corrected chi connectivity index (χ4v) is 1.67. The quantitative estimate of drug-likeness (QED) is 0.832. The highest BCUT2D eigenvalue weighted by atomic mass is 19.4. The average molecular weight is 303 g/mol. The van der Waals surface area contributed by atoms with E-state index in [-0.39, 0.29) is 11.4 Å². The van der Waals surface area contributed by atoms with Gasteiger partial charge in [0.2, 0.25) is 0 Å². The summed E-state index contributed by atoms with van der Waals surface area (Å²) in [7, 11) is 0. The number of aromatic amines is 1. The summed E-state index contributed by atoms with van der Waals surface area (Å²) in [5.74, 6) is -0.856. The molecule has 0 fully saturated rings. The van der Waals surface area contributed by atoms with E-state index in [1.165, 1.54) is 6.07 Å². The summed E-state index contributed by atoms with van der Waals surface area (Å²) in [6, 6.07) is 3.39. The van der Waals surface area contributed by atoms with E-state index in [1.54, 1.807) is 6.20 Å². The summed E-state index contributed by atoms with van der Waals surface area (Å²) in [6.45, 7) is 0.669. The van der Waals surface area contributed by atoms with Gasteiger partial charge in [0.05, 0.1) is 11.9 Å². The highest BCUT2D eigenvalue weighted by molar-refractivity contribution is 5.56. The zero-order valence-corrected chi connectivity index (χ0v) is 11.1. The lowest BCUT2D eigenvalue weighted by Gasteiger charge is -2.14. The minimum Gasteiger partial charge on any atom is -0.482 e. The SMILES string of the molecule is Cc1[nH]ncc1CNc1ccc(F)cc1OCC(F)(F)F.